The Labute approximate surface area is 492 Å². The Hall–Kier alpha value is -8.05. The molecule has 0 amide bonds. The molecule has 0 fully saturated rings. The van der Waals surface area contributed by atoms with Gasteiger partial charge in [-0.3, -0.25) is 0 Å². The van der Waals surface area contributed by atoms with E-state index in [0.717, 1.165) is 94.9 Å². The summed E-state index contributed by atoms with van der Waals surface area (Å²) < 4.78 is 24.3. The Kier molecular flexibility index (Phi) is 14.3. The molecule has 1 aliphatic heterocycles. The van der Waals surface area contributed by atoms with Crippen LogP contribution >= 0.6 is 0 Å². The van der Waals surface area contributed by atoms with Gasteiger partial charge in [0.05, 0.1) is 0 Å². The first-order valence-electron chi connectivity index (χ1n) is 27.7. The zero-order valence-corrected chi connectivity index (χ0v) is 50.2. The molecule has 12 rings (SSSR count). The topological polar surface area (TPSA) is 33.5 Å². The third-order valence-corrected chi connectivity index (χ3v) is 15.5. The summed E-state index contributed by atoms with van der Waals surface area (Å²) >= 11 is 0. The van der Waals surface area contributed by atoms with E-state index in [4.69, 9.17) is 9.72 Å². The number of benzene rings is 9. The maximum atomic E-state index is 15.0. The second-order valence-electron chi connectivity index (χ2n) is 24.6. The molecule has 0 atom stereocenters. The van der Waals surface area contributed by atoms with Crippen LogP contribution in [0.15, 0.2) is 194 Å². The summed E-state index contributed by atoms with van der Waals surface area (Å²) in [5, 5.41) is 2.17. The number of rotatable bonds is 9. The summed E-state index contributed by atoms with van der Waals surface area (Å²) in [6.07, 6.45) is 1.90. The van der Waals surface area contributed by atoms with Gasteiger partial charge in [0.1, 0.15) is 11.6 Å². The van der Waals surface area contributed by atoms with Crippen molar-refractivity contribution in [1.82, 2.24) is 9.55 Å². The predicted octanol–water partition coefficient (Wildman–Crippen LogP) is 20.3. The molecular weight excluding hydrogens is 1170 g/mol. The van der Waals surface area contributed by atoms with Gasteiger partial charge in [-0.1, -0.05) is 188 Å². The van der Waals surface area contributed by atoms with E-state index in [9.17, 15) is 0 Å². The summed E-state index contributed by atoms with van der Waals surface area (Å²) in [7, 11) is 0. The molecule has 2 aromatic heterocycles. The molecule has 0 spiro atoms. The van der Waals surface area contributed by atoms with Crippen LogP contribution in [0, 0.1) is 38.5 Å². The van der Waals surface area contributed by atoms with Crippen molar-refractivity contribution in [3.63, 3.8) is 0 Å². The molecule has 5 nitrogen and oxygen atoms in total. The van der Waals surface area contributed by atoms with Crippen molar-refractivity contribution in [2.45, 2.75) is 92.4 Å². The monoisotopic (exact) mass is 1240 g/mol. The van der Waals surface area contributed by atoms with E-state index in [1.165, 1.54) is 27.8 Å². The van der Waals surface area contributed by atoms with Crippen molar-refractivity contribution >= 4 is 44.6 Å². The van der Waals surface area contributed by atoms with Crippen LogP contribution in [-0.2, 0) is 37.3 Å². The Balaban J connectivity index is 0.00000690. The maximum absolute atomic E-state index is 15.0. The molecule has 81 heavy (non-hydrogen) atoms. The molecule has 1 aliphatic rings. The van der Waals surface area contributed by atoms with Crippen molar-refractivity contribution in [2.75, 3.05) is 9.80 Å². The van der Waals surface area contributed by atoms with Gasteiger partial charge in [0.2, 0.25) is 0 Å². The quantitative estimate of drug-likeness (QED) is 0.135. The van der Waals surface area contributed by atoms with Gasteiger partial charge < -0.3 is 19.1 Å². The summed E-state index contributed by atoms with van der Waals surface area (Å²) in [6, 6.07) is 73.0. The number of para-hydroxylation sites is 3. The minimum absolute atomic E-state index is 0. The smallest absolute Gasteiger partial charge is 0.135 e. The van der Waals surface area contributed by atoms with Crippen LogP contribution in [0.2, 0.25) is 0 Å². The van der Waals surface area contributed by atoms with Crippen LogP contribution < -0.4 is 14.5 Å². The number of fused-ring (bicyclic) bond motifs is 4. The number of anilines is 4. The third-order valence-electron chi connectivity index (χ3n) is 15.5. The number of pyridine rings is 1. The number of halogens is 1. The van der Waals surface area contributed by atoms with E-state index >= 15 is 4.39 Å². The first-order chi connectivity index (χ1) is 38.2. The first kappa shape index (κ1) is 54.9. The van der Waals surface area contributed by atoms with Crippen molar-refractivity contribution in [1.29, 1.82) is 0 Å². The average molecular weight is 1240 g/mol. The second kappa shape index (κ2) is 21.1. The first-order valence-corrected chi connectivity index (χ1v) is 27.7. The van der Waals surface area contributed by atoms with Gasteiger partial charge >= 0.3 is 0 Å². The maximum Gasteiger partial charge on any atom is 0.135 e. The largest absolute Gasteiger partial charge is 0.509 e. The number of nitrogens with zero attached hydrogens (tertiary/aromatic N) is 4. The fourth-order valence-electron chi connectivity index (χ4n) is 11.2. The number of hydrogen-bond acceptors (Lipinski definition) is 4. The summed E-state index contributed by atoms with van der Waals surface area (Å²) in [4.78, 5) is 9.48. The van der Waals surface area contributed by atoms with E-state index in [0.29, 0.717) is 11.5 Å². The number of aromatic nitrogens is 2. The molecule has 9 aromatic carbocycles. The molecule has 0 aliphatic carbocycles. The van der Waals surface area contributed by atoms with Gasteiger partial charge in [-0.15, -0.1) is 53.6 Å². The molecule has 11 aromatic rings. The summed E-state index contributed by atoms with van der Waals surface area (Å²) in [5.74, 6) is 1.64. The standard InChI is InChI=1S/C74H66FN4O.Pt/c1-47-33-48(2)35-51(34-47)52-38-59(44-61(39-52)80-60-29-30-63-62-21-15-16-22-66(62)79(69(63)45-60)70-43-55(31-32-76-70)72(3,4)5)77-46-78(68-24-18-17-23-67(68)77)71-64(50-25-27-58(75)28-26-50)40-53(49-19-13-12-14-20-49)41-65(71)54-36-56(73(6,7)8)42-57(37-54)74(9,10)11;/h12-43,46H,1-11H3;/q-3;. The Bertz CT molecular complexity index is 4120. The fraction of sp³-hybridized carbons (Fsp3) is 0.189. The normalized spacial score (nSPS) is 12.7. The van der Waals surface area contributed by atoms with Crippen molar-refractivity contribution < 1.29 is 30.2 Å². The van der Waals surface area contributed by atoms with Crippen LogP contribution in [0.25, 0.3) is 72.1 Å². The molecule has 408 valence electrons. The van der Waals surface area contributed by atoms with Crippen molar-refractivity contribution in [3.8, 4) is 61.8 Å². The second-order valence-corrected chi connectivity index (χ2v) is 24.6. The molecular formula is C74H66FN4OPt-3. The molecule has 3 heterocycles. The molecule has 0 saturated heterocycles. The van der Waals surface area contributed by atoms with Gasteiger partial charge in [0.15, 0.2) is 0 Å². The Morgan fingerprint density at radius 3 is 1.73 bits per heavy atom. The predicted molar refractivity (Wildman–Crippen MR) is 332 cm³/mol. The zero-order chi connectivity index (χ0) is 55.8. The van der Waals surface area contributed by atoms with Gasteiger partial charge in [-0.2, -0.15) is 6.07 Å². The molecule has 0 unspecified atom stereocenters. The van der Waals surface area contributed by atoms with Gasteiger partial charge in [-0.25, -0.2) is 9.37 Å². The van der Waals surface area contributed by atoms with Crippen LogP contribution in [0.5, 0.6) is 11.5 Å². The van der Waals surface area contributed by atoms with Crippen LogP contribution in [0.4, 0.5) is 27.1 Å². The molecule has 7 heteroatoms. The van der Waals surface area contributed by atoms with E-state index in [1.54, 1.807) is 12.1 Å². The van der Waals surface area contributed by atoms with E-state index in [-0.39, 0.29) is 43.1 Å². The minimum Gasteiger partial charge on any atom is -0.509 e. The Morgan fingerprint density at radius 1 is 0.469 bits per heavy atom. The van der Waals surface area contributed by atoms with Crippen LogP contribution in [0.1, 0.15) is 90.1 Å². The number of ether oxygens (including phenoxy) is 1. The van der Waals surface area contributed by atoms with E-state index in [1.807, 2.05) is 24.4 Å². The van der Waals surface area contributed by atoms with E-state index < -0.39 is 0 Å². The number of aryl methyl sites for hydroxylation is 2. The van der Waals surface area contributed by atoms with Crippen molar-refractivity contribution in [3.05, 3.63) is 247 Å². The SMILES string of the molecule is Cc1cc(C)cc(-c2cc(Oc3[c-]c4c(cc3)c3ccccc3n4-c3cc(C(C)(C)C)ccn3)[c-]c(N3[CH-]N(c4c(-c5ccc(F)cc5)cc(-c5ccccc5)cc4-c4cc(C(C)(C)C)cc(C(C)(C)C)c4)c4ccccc43)c2)c1.[Pt]. The van der Waals surface area contributed by atoms with Crippen LogP contribution in [0.3, 0.4) is 0 Å². The average Bonchev–Trinajstić information content (AvgIpc) is 3.37. The molecule has 0 bridgehead atoms. The molecule has 0 saturated carbocycles. The fourth-order valence-corrected chi connectivity index (χ4v) is 11.2. The molecule has 0 radical (unpaired) electrons. The summed E-state index contributed by atoms with van der Waals surface area (Å²) in [5.41, 5.74) is 19.6. The third kappa shape index (κ3) is 10.8. The van der Waals surface area contributed by atoms with Gasteiger partial charge in [-0.05, 0) is 135 Å². The van der Waals surface area contributed by atoms with Crippen molar-refractivity contribution in [2.24, 2.45) is 0 Å². The molecule has 0 N–H and O–H groups in total. The summed E-state index contributed by atoms with van der Waals surface area (Å²) in [6.45, 7) is 26.9. The van der Waals surface area contributed by atoms with Gasteiger partial charge in [0, 0.05) is 72.5 Å². The van der Waals surface area contributed by atoms with E-state index in [2.05, 4.69) is 267 Å². The Morgan fingerprint density at radius 2 is 1.06 bits per heavy atom. The minimum atomic E-state index is -0.285. The zero-order valence-electron chi connectivity index (χ0n) is 47.9. The number of hydrogen-bond donors (Lipinski definition) is 0. The van der Waals surface area contributed by atoms with Gasteiger partial charge in [0.25, 0.3) is 0 Å². The van der Waals surface area contributed by atoms with Crippen LogP contribution in [-0.4, -0.2) is 9.55 Å².